The molecule has 6 heteroatoms. The SMILES string of the molecule is Cc1cc(CNC(=O)[C@@H]2CCCN(Cc3cccc(F)c3)C2)no1. The van der Waals surface area contributed by atoms with Crippen molar-refractivity contribution in [3.8, 4) is 0 Å². The normalized spacial score (nSPS) is 18.5. The molecule has 2 heterocycles. The van der Waals surface area contributed by atoms with Crippen LogP contribution < -0.4 is 5.32 Å². The Hall–Kier alpha value is -2.21. The summed E-state index contributed by atoms with van der Waals surface area (Å²) in [5, 5.41) is 6.80. The Kier molecular flexibility index (Phi) is 5.25. The molecule has 0 aliphatic carbocycles. The van der Waals surface area contributed by atoms with E-state index in [0.717, 1.165) is 36.4 Å². The van der Waals surface area contributed by atoms with Gasteiger partial charge in [0, 0.05) is 19.2 Å². The van der Waals surface area contributed by atoms with Gasteiger partial charge in [-0.1, -0.05) is 17.3 Å². The quantitative estimate of drug-likeness (QED) is 0.915. The summed E-state index contributed by atoms with van der Waals surface area (Å²) in [6, 6.07) is 8.45. The summed E-state index contributed by atoms with van der Waals surface area (Å²) in [6.07, 6.45) is 1.85. The zero-order valence-electron chi connectivity index (χ0n) is 13.8. The molecule has 1 aromatic carbocycles. The maximum atomic E-state index is 13.3. The highest BCUT2D eigenvalue weighted by atomic mass is 19.1. The minimum Gasteiger partial charge on any atom is -0.361 e. The number of rotatable bonds is 5. The van der Waals surface area contributed by atoms with Crippen LogP contribution in [0.1, 0.15) is 29.9 Å². The lowest BCUT2D eigenvalue weighted by Gasteiger charge is -2.32. The molecule has 0 radical (unpaired) electrons. The number of carbonyl (C=O) groups is 1. The van der Waals surface area contributed by atoms with Gasteiger partial charge < -0.3 is 9.84 Å². The second-order valence-electron chi connectivity index (χ2n) is 6.35. The van der Waals surface area contributed by atoms with Crippen LogP contribution in [-0.2, 0) is 17.9 Å². The van der Waals surface area contributed by atoms with Gasteiger partial charge in [-0.05, 0) is 44.0 Å². The Balaban J connectivity index is 1.51. The summed E-state index contributed by atoms with van der Waals surface area (Å²) >= 11 is 0. The van der Waals surface area contributed by atoms with E-state index in [-0.39, 0.29) is 17.6 Å². The van der Waals surface area contributed by atoms with Crippen molar-refractivity contribution in [2.75, 3.05) is 13.1 Å². The number of likely N-dealkylation sites (tertiary alicyclic amines) is 1. The summed E-state index contributed by atoms with van der Waals surface area (Å²) in [4.78, 5) is 14.6. The molecule has 1 aromatic heterocycles. The molecule has 1 saturated heterocycles. The number of nitrogens with one attached hydrogen (secondary N) is 1. The van der Waals surface area contributed by atoms with Gasteiger partial charge in [-0.2, -0.15) is 0 Å². The third kappa shape index (κ3) is 4.41. The maximum absolute atomic E-state index is 13.3. The van der Waals surface area contributed by atoms with Gasteiger partial charge in [0.25, 0.3) is 0 Å². The van der Waals surface area contributed by atoms with Crippen LogP contribution in [0, 0.1) is 18.7 Å². The Morgan fingerprint density at radius 1 is 1.46 bits per heavy atom. The Bertz CT molecular complexity index is 701. The fourth-order valence-electron chi connectivity index (χ4n) is 3.13. The van der Waals surface area contributed by atoms with Crippen LogP contribution in [0.2, 0.25) is 0 Å². The lowest BCUT2D eigenvalue weighted by Crippen LogP contribution is -2.42. The van der Waals surface area contributed by atoms with Crippen LogP contribution in [0.4, 0.5) is 4.39 Å². The number of aromatic nitrogens is 1. The first kappa shape index (κ1) is 16.6. The van der Waals surface area contributed by atoms with E-state index >= 15 is 0 Å². The van der Waals surface area contributed by atoms with Crippen molar-refractivity contribution in [1.29, 1.82) is 0 Å². The van der Waals surface area contributed by atoms with Gasteiger partial charge in [-0.25, -0.2) is 4.39 Å². The minimum absolute atomic E-state index is 0.0413. The molecule has 0 saturated carbocycles. The maximum Gasteiger partial charge on any atom is 0.224 e. The predicted molar refractivity (Wildman–Crippen MR) is 87.5 cm³/mol. The molecule has 0 bridgehead atoms. The van der Waals surface area contributed by atoms with E-state index < -0.39 is 0 Å². The van der Waals surface area contributed by atoms with Crippen molar-refractivity contribution < 1.29 is 13.7 Å². The average Bonchev–Trinajstić information content (AvgIpc) is 2.98. The fraction of sp³-hybridized carbons (Fsp3) is 0.444. The van der Waals surface area contributed by atoms with E-state index in [2.05, 4.69) is 15.4 Å². The van der Waals surface area contributed by atoms with Crippen LogP contribution in [0.15, 0.2) is 34.9 Å². The molecule has 24 heavy (non-hydrogen) atoms. The second-order valence-corrected chi connectivity index (χ2v) is 6.35. The molecular weight excluding hydrogens is 309 g/mol. The second kappa shape index (κ2) is 7.57. The minimum atomic E-state index is -0.221. The number of hydrogen-bond donors (Lipinski definition) is 1. The first-order valence-corrected chi connectivity index (χ1v) is 8.27. The van der Waals surface area contributed by atoms with E-state index in [1.165, 1.54) is 6.07 Å². The van der Waals surface area contributed by atoms with E-state index in [0.29, 0.717) is 19.6 Å². The molecule has 128 valence electrons. The monoisotopic (exact) mass is 331 g/mol. The zero-order valence-corrected chi connectivity index (χ0v) is 13.8. The van der Waals surface area contributed by atoms with Gasteiger partial charge in [0.1, 0.15) is 17.3 Å². The van der Waals surface area contributed by atoms with Gasteiger partial charge in [-0.3, -0.25) is 9.69 Å². The van der Waals surface area contributed by atoms with Gasteiger partial charge in [0.05, 0.1) is 12.5 Å². The van der Waals surface area contributed by atoms with E-state index in [1.54, 1.807) is 12.1 Å². The van der Waals surface area contributed by atoms with Crippen molar-refractivity contribution in [3.63, 3.8) is 0 Å². The number of piperidine rings is 1. The zero-order chi connectivity index (χ0) is 16.9. The van der Waals surface area contributed by atoms with Crippen molar-refractivity contribution in [2.24, 2.45) is 5.92 Å². The number of carbonyl (C=O) groups excluding carboxylic acids is 1. The topological polar surface area (TPSA) is 58.4 Å². The van der Waals surface area contributed by atoms with Crippen molar-refractivity contribution in [3.05, 3.63) is 53.2 Å². The Labute approximate surface area is 140 Å². The first-order valence-electron chi connectivity index (χ1n) is 8.27. The molecular formula is C18H22FN3O2. The highest BCUT2D eigenvalue weighted by molar-refractivity contribution is 5.78. The standard InChI is InChI=1S/C18H22FN3O2/c1-13-8-17(21-24-13)10-20-18(23)15-5-3-7-22(12-15)11-14-4-2-6-16(19)9-14/h2,4,6,8-9,15H,3,5,7,10-12H2,1H3,(H,20,23)/t15-/m1/s1. The van der Waals surface area contributed by atoms with Crippen LogP contribution >= 0.6 is 0 Å². The smallest absolute Gasteiger partial charge is 0.224 e. The largest absolute Gasteiger partial charge is 0.361 e. The van der Waals surface area contributed by atoms with Crippen LogP contribution in [-0.4, -0.2) is 29.1 Å². The molecule has 0 unspecified atom stereocenters. The number of benzene rings is 1. The van der Waals surface area contributed by atoms with Gasteiger partial charge in [0.15, 0.2) is 0 Å². The summed E-state index contributed by atoms with van der Waals surface area (Å²) in [7, 11) is 0. The van der Waals surface area contributed by atoms with Crippen molar-refractivity contribution in [1.82, 2.24) is 15.4 Å². The summed E-state index contributed by atoms with van der Waals surface area (Å²) in [5.74, 6) is 0.514. The lowest BCUT2D eigenvalue weighted by molar-refractivity contribution is -0.127. The molecule has 2 aromatic rings. The summed E-state index contributed by atoms with van der Waals surface area (Å²) in [5.41, 5.74) is 1.67. The van der Waals surface area contributed by atoms with Gasteiger partial charge in [0.2, 0.25) is 5.91 Å². The fourth-order valence-corrected chi connectivity index (χ4v) is 3.13. The van der Waals surface area contributed by atoms with Gasteiger partial charge in [-0.15, -0.1) is 0 Å². The Morgan fingerprint density at radius 2 is 2.33 bits per heavy atom. The van der Waals surface area contributed by atoms with Crippen molar-refractivity contribution in [2.45, 2.75) is 32.9 Å². The highest BCUT2D eigenvalue weighted by Gasteiger charge is 2.25. The number of amides is 1. The number of hydrogen-bond acceptors (Lipinski definition) is 4. The first-order chi connectivity index (χ1) is 11.6. The van der Waals surface area contributed by atoms with Crippen LogP contribution in [0.3, 0.4) is 0 Å². The van der Waals surface area contributed by atoms with Crippen molar-refractivity contribution >= 4 is 5.91 Å². The molecule has 0 spiro atoms. The van der Waals surface area contributed by atoms with Crippen LogP contribution in [0.5, 0.6) is 0 Å². The molecule has 1 aliphatic heterocycles. The molecule has 3 rings (SSSR count). The predicted octanol–water partition coefficient (Wildman–Crippen LogP) is 2.65. The average molecular weight is 331 g/mol. The van der Waals surface area contributed by atoms with Gasteiger partial charge >= 0.3 is 0 Å². The number of halogens is 1. The molecule has 1 amide bonds. The number of aryl methyl sites for hydroxylation is 1. The van der Waals surface area contributed by atoms with Crippen LogP contribution in [0.25, 0.3) is 0 Å². The third-order valence-electron chi connectivity index (χ3n) is 4.29. The molecule has 5 nitrogen and oxygen atoms in total. The van der Waals surface area contributed by atoms with E-state index in [4.69, 9.17) is 4.52 Å². The molecule has 1 fully saturated rings. The lowest BCUT2D eigenvalue weighted by atomic mass is 9.96. The third-order valence-corrected chi connectivity index (χ3v) is 4.29. The molecule has 1 aliphatic rings. The molecule has 1 atom stereocenters. The summed E-state index contributed by atoms with van der Waals surface area (Å²) < 4.78 is 18.3. The van der Waals surface area contributed by atoms with E-state index in [9.17, 15) is 9.18 Å². The van der Waals surface area contributed by atoms with E-state index in [1.807, 2.05) is 19.1 Å². The Morgan fingerprint density at radius 3 is 3.08 bits per heavy atom. The number of nitrogens with zero attached hydrogens (tertiary/aromatic N) is 2. The summed E-state index contributed by atoms with van der Waals surface area (Å²) in [6.45, 7) is 4.51. The highest BCUT2D eigenvalue weighted by Crippen LogP contribution is 2.19. The molecule has 1 N–H and O–H groups in total.